The molecule has 0 saturated carbocycles. The molecule has 0 radical (unpaired) electrons. The Morgan fingerprint density at radius 2 is 1.76 bits per heavy atom. The van der Waals surface area contributed by atoms with Gasteiger partial charge in [0.2, 0.25) is 5.88 Å². The molecule has 1 amide bonds. The Kier molecular flexibility index (Phi) is 3.47. The fraction of sp³-hybridized carbons (Fsp3) is 0.0625. The van der Waals surface area contributed by atoms with Crippen molar-refractivity contribution in [1.82, 2.24) is 9.97 Å². The third-order valence-corrected chi connectivity index (χ3v) is 3.01. The van der Waals surface area contributed by atoms with Crippen molar-refractivity contribution in [3.8, 4) is 5.88 Å². The number of nitrogens with zero attached hydrogens (tertiary/aromatic N) is 2. The van der Waals surface area contributed by atoms with E-state index in [1.165, 1.54) is 0 Å². The molecule has 2 aromatic heterocycles. The van der Waals surface area contributed by atoms with E-state index in [0.29, 0.717) is 22.9 Å². The molecule has 1 N–H and O–H groups in total. The van der Waals surface area contributed by atoms with E-state index in [2.05, 4.69) is 15.3 Å². The number of hydrogen-bond donors (Lipinski definition) is 1. The highest BCUT2D eigenvalue weighted by Gasteiger charge is 2.07. The van der Waals surface area contributed by atoms with E-state index < -0.39 is 0 Å². The molecular weight excluding hydrogens is 266 g/mol. The van der Waals surface area contributed by atoms with Gasteiger partial charge in [-0.05, 0) is 30.3 Å². The minimum absolute atomic E-state index is 0.203. The van der Waals surface area contributed by atoms with Crippen molar-refractivity contribution in [2.45, 2.75) is 0 Å². The van der Waals surface area contributed by atoms with Crippen LogP contribution in [0.3, 0.4) is 0 Å². The van der Waals surface area contributed by atoms with Crippen LogP contribution in [0.2, 0.25) is 0 Å². The van der Waals surface area contributed by atoms with Gasteiger partial charge in [0.05, 0.1) is 7.11 Å². The van der Waals surface area contributed by atoms with Gasteiger partial charge in [0, 0.05) is 17.0 Å². The predicted octanol–water partition coefficient (Wildman–Crippen LogP) is 2.89. The zero-order valence-electron chi connectivity index (χ0n) is 11.4. The van der Waals surface area contributed by atoms with Gasteiger partial charge in [-0.1, -0.05) is 18.2 Å². The van der Waals surface area contributed by atoms with Crippen molar-refractivity contribution < 1.29 is 9.53 Å². The van der Waals surface area contributed by atoms with E-state index in [4.69, 9.17) is 4.74 Å². The monoisotopic (exact) mass is 279 g/mol. The average molecular weight is 279 g/mol. The smallest absolute Gasteiger partial charge is 0.256 e. The molecule has 0 aliphatic rings. The molecular formula is C16H13N3O2. The lowest BCUT2D eigenvalue weighted by atomic mass is 10.2. The highest BCUT2D eigenvalue weighted by Crippen LogP contribution is 2.17. The Morgan fingerprint density at radius 1 is 1.00 bits per heavy atom. The van der Waals surface area contributed by atoms with E-state index in [0.717, 1.165) is 5.39 Å². The number of carbonyl (C=O) groups is 1. The van der Waals surface area contributed by atoms with Gasteiger partial charge >= 0.3 is 0 Å². The lowest BCUT2D eigenvalue weighted by molar-refractivity contribution is 0.102. The van der Waals surface area contributed by atoms with Gasteiger partial charge in [-0.3, -0.25) is 4.79 Å². The molecule has 21 heavy (non-hydrogen) atoms. The first-order valence-corrected chi connectivity index (χ1v) is 6.44. The van der Waals surface area contributed by atoms with Crippen molar-refractivity contribution in [1.29, 1.82) is 0 Å². The summed E-state index contributed by atoms with van der Waals surface area (Å²) >= 11 is 0. The van der Waals surface area contributed by atoms with Gasteiger partial charge in [-0.15, -0.1) is 0 Å². The van der Waals surface area contributed by atoms with Crippen molar-refractivity contribution >= 4 is 22.8 Å². The molecule has 2 heterocycles. The summed E-state index contributed by atoms with van der Waals surface area (Å²) in [4.78, 5) is 20.7. The normalized spacial score (nSPS) is 10.3. The molecule has 0 unspecified atom stereocenters. The summed E-state index contributed by atoms with van der Waals surface area (Å²) in [5.41, 5.74) is 1.11. The summed E-state index contributed by atoms with van der Waals surface area (Å²) in [5.74, 6) is 0.740. The zero-order valence-corrected chi connectivity index (χ0v) is 11.4. The quantitative estimate of drug-likeness (QED) is 0.800. The minimum Gasteiger partial charge on any atom is -0.481 e. The largest absolute Gasteiger partial charge is 0.481 e. The fourth-order valence-corrected chi connectivity index (χ4v) is 1.94. The highest BCUT2D eigenvalue weighted by molar-refractivity contribution is 6.04. The number of benzene rings is 1. The first-order valence-electron chi connectivity index (χ1n) is 6.44. The van der Waals surface area contributed by atoms with Crippen LogP contribution in [-0.4, -0.2) is 23.0 Å². The molecule has 0 aliphatic heterocycles. The zero-order chi connectivity index (χ0) is 14.7. The van der Waals surface area contributed by atoms with E-state index in [9.17, 15) is 4.79 Å². The molecule has 104 valence electrons. The van der Waals surface area contributed by atoms with E-state index in [-0.39, 0.29) is 5.91 Å². The van der Waals surface area contributed by atoms with Crippen LogP contribution in [0, 0.1) is 0 Å². The maximum absolute atomic E-state index is 12.1. The Hall–Kier alpha value is -2.95. The second-order valence-corrected chi connectivity index (χ2v) is 4.42. The van der Waals surface area contributed by atoms with Crippen LogP contribution in [0.15, 0.2) is 54.6 Å². The number of pyridine rings is 2. The maximum Gasteiger partial charge on any atom is 0.256 e. The number of ether oxygens (including phenoxy) is 1. The van der Waals surface area contributed by atoms with Crippen LogP contribution in [-0.2, 0) is 0 Å². The number of methoxy groups -OCH3 is 1. The molecule has 0 saturated heterocycles. The minimum atomic E-state index is -0.203. The van der Waals surface area contributed by atoms with E-state index >= 15 is 0 Å². The number of carbonyl (C=O) groups excluding carboxylic acids is 1. The molecule has 0 bridgehead atoms. The third-order valence-electron chi connectivity index (χ3n) is 3.01. The van der Waals surface area contributed by atoms with Crippen LogP contribution >= 0.6 is 0 Å². The van der Waals surface area contributed by atoms with Crippen LogP contribution in [0.5, 0.6) is 5.88 Å². The van der Waals surface area contributed by atoms with Gasteiger partial charge in [0.15, 0.2) is 5.65 Å². The summed E-state index contributed by atoms with van der Waals surface area (Å²) in [7, 11) is 1.55. The number of nitrogens with one attached hydrogen (secondary N) is 1. The van der Waals surface area contributed by atoms with Gasteiger partial charge in [0.25, 0.3) is 5.91 Å². The number of amides is 1. The first kappa shape index (κ1) is 13.1. The lowest BCUT2D eigenvalue weighted by Gasteiger charge is -2.06. The SMILES string of the molecule is COc1ccc2ccc(NC(=O)c3ccccc3)nc2n1. The number of rotatable bonds is 3. The molecule has 5 heteroatoms. The first-order chi connectivity index (χ1) is 10.3. The molecule has 3 aromatic rings. The number of hydrogen-bond acceptors (Lipinski definition) is 4. The van der Waals surface area contributed by atoms with Gasteiger partial charge in [-0.25, -0.2) is 4.98 Å². The highest BCUT2D eigenvalue weighted by atomic mass is 16.5. The third kappa shape index (κ3) is 2.81. The Bertz CT molecular complexity index is 788. The van der Waals surface area contributed by atoms with Crippen LogP contribution in [0.4, 0.5) is 5.82 Å². The molecule has 0 fully saturated rings. The molecule has 1 aromatic carbocycles. The maximum atomic E-state index is 12.1. The molecule has 3 rings (SSSR count). The number of anilines is 1. The van der Waals surface area contributed by atoms with Crippen LogP contribution < -0.4 is 10.1 Å². The van der Waals surface area contributed by atoms with Crippen LogP contribution in [0.25, 0.3) is 11.0 Å². The fourth-order valence-electron chi connectivity index (χ4n) is 1.94. The standard InChI is InChI=1S/C16H13N3O2/c1-21-14-10-8-11-7-9-13(17-15(11)19-14)18-16(20)12-5-3-2-4-6-12/h2-10H,1H3,(H,17,18,19,20). The Labute approximate surface area is 121 Å². The lowest BCUT2D eigenvalue weighted by Crippen LogP contribution is -2.12. The summed E-state index contributed by atoms with van der Waals surface area (Å²) in [6.45, 7) is 0. The molecule has 5 nitrogen and oxygen atoms in total. The predicted molar refractivity (Wildman–Crippen MR) is 80.5 cm³/mol. The number of aromatic nitrogens is 2. The summed E-state index contributed by atoms with van der Waals surface area (Å²) in [6.07, 6.45) is 0. The molecule has 0 atom stereocenters. The average Bonchev–Trinajstić information content (AvgIpc) is 2.55. The second-order valence-electron chi connectivity index (χ2n) is 4.42. The van der Waals surface area contributed by atoms with Crippen molar-refractivity contribution in [2.24, 2.45) is 0 Å². The van der Waals surface area contributed by atoms with Gasteiger partial charge in [0.1, 0.15) is 5.82 Å². The topological polar surface area (TPSA) is 64.1 Å². The summed E-state index contributed by atoms with van der Waals surface area (Å²) in [5, 5.41) is 3.64. The molecule has 0 spiro atoms. The summed E-state index contributed by atoms with van der Waals surface area (Å²) < 4.78 is 5.07. The summed E-state index contributed by atoms with van der Waals surface area (Å²) in [6, 6.07) is 16.2. The van der Waals surface area contributed by atoms with Crippen molar-refractivity contribution in [2.75, 3.05) is 12.4 Å². The van der Waals surface area contributed by atoms with Crippen LogP contribution in [0.1, 0.15) is 10.4 Å². The second kappa shape index (κ2) is 5.58. The van der Waals surface area contributed by atoms with Crippen molar-refractivity contribution in [3.63, 3.8) is 0 Å². The van der Waals surface area contributed by atoms with Crippen molar-refractivity contribution in [3.05, 3.63) is 60.2 Å². The Morgan fingerprint density at radius 3 is 2.52 bits per heavy atom. The Balaban J connectivity index is 1.89. The van der Waals surface area contributed by atoms with Gasteiger partial charge < -0.3 is 10.1 Å². The van der Waals surface area contributed by atoms with Gasteiger partial charge in [-0.2, -0.15) is 4.98 Å². The van der Waals surface area contributed by atoms with E-state index in [1.54, 1.807) is 31.4 Å². The number of fused-ring (bicyclic) bond motifs is 1. The van der Waals surface area contributed by atoms with E-state index in [1.807, 2.05) is 30.3 Å². The molecule has 0 aliphatic carbocycles.